The molecule has 1 aliphatic rings. The molecule has 0 bridgehead atoms. The number of anilines is 1. The Balaban J connectivity index is 1.69. The Morgan fingerprint density at radius 3 is 2.53 bits per heavy atom. The maximum absolute atomic E-state index is 13.5. The molecule has 1 fully saturated rings. The van der Waals surface area contributed by atoms with Gasteiger partial charge in [0.05, 0.1) is 29.5 Å². The monoisotopic (exact) mass is 513 g/mol. The quantitative estimate of drug-likeness (QED) is 0.190. The van der Waals surface area contributed by atoms with Crippen LogP contribution in [0.25, 0.3) is 16.8 Å². The molecule has 4 aromatic rings. The smallest absolute Gasteiger partial charge is 0.302 e. The first-order valence-corrected chi connectivity index (χ1v) is 12.6. The molecule has 196 valence electrons. The minimum absolute atomic E-state index is 0.0678. The number of furan rings is 1. The number of aliphatic hydroxyl groups is 1. The number of carbonyl (C=O) groups is 2. The van der Waals surface area contributed by atoms with Crippen molar-refractivity contribution in [2.75, 3.05) is 11.5 Å². The van der Waals surface area contributed by atoms with E-state index in [4.69, 9.17) is 9.15 Å². The summed E-state index contributed by atoms with van der Waals surface area (Å²) in [5.41, 5.74) is 4.46. The minimum Gasteiger partial charge on any atom is -0.507 e. The van der Waals surface area contributed by atoms with Gasteiger partial charge in [-0.15, -0.1) is 0 Å². The van der Waals surface area contributed by atoms with Crippen LogP contribution >= 0.6 is 0 Å². The highest BCUT2D eigenvalue weighted by Crippen LogP contribution is 2.43. The first kappa shape index (κ1) is 25.3. The van der Waals surface area contributed by atoms with Gasteiger partial charge >= 0.3 is 5.91 Å². The first-order valence-electron chi connectivity index (χ1n) is 12.6. The molecule has 0 spiro atoms. The summed E-state index contributed by atoms with van der Waals surface area (Å²) in [6.45, 7) is 12.5. The molecule has 2 N–H and O–H groups in total. The fourth-order valence-corrected chi connectivity index (χ4v) is 4.84. The topological polar surface area (TPSA) is 109 Å². The van der Waals surface area contributed by atoms with Crippen LogP contribution in [0.2, 0.25) is 0 Å². The molecule has 38 heavy (non-hydrogen) atoms. The van der Waals surface area contributed by atoms with E-state index in [2.05, 4.69) is 9.97 Å². The standard InChI is InChI=1S/C30H31N3O5/c1-7-37-22-11-10-18(15-19(22)30(4,5)6)26(34)24-25(23-9-8-12-38-23)33(28(36)27(24)35)29-31-20-13-16(2)17(3)14-21(20)32-29/h8-15,25,34H,7H2,1-6H3,(H,31,32)/b26-24+. The number of Topliss-reactive ketones (excluding diaryl/α,β-unsaturated/α-hetero) is 1. The fourth-order valence-electron chi connectivity index (χ4n) is 4.84. The first-order chi connectivity index (χ1) is 18.0. The highest BCUT2D eigenvalue weighted by molar-refractivity contribution is 6.51. The van der Waals surface area contributed by atoms with Gasteiger partial charge in [-0.2, -0.15) is 0 Å². The lowest BCUT2D eigenvalue weighted by molar-refractivity contribution is -0.132. The molecule has 1 amide bonds. The number of amides is 1. The molecule has 1 atom stereocenters. The van der Waals surface area contributed by atoms with E-state index in [9.17, 15) is 14.7 Å². The van der Waals surface area contributed by atoms with E-state index in [0.717, 1.165) is 22.2 Å². The molecule has 0 saturated carbocycles. The molecule has 2 aromatic carbocycles. The molecule has 5 rings (SSSR count). The molecular formula is C30H31N3O5. The SMILES string of the molecule is CCOc1ccc(/C(O)=C2\C(=O)C(=O)N(c3nc4cc(C)c(C)cc4[nH]3)C2c2ccco2)cc1C(C)(C)C. The van der Waals surface area contributed by atoms with Crippen molar-refractivity contribution in [3.05, 3.63) is 82.3 Å². The second-order valence-electron chi connectivity index (χ2n) is 10.6. The lowest BCUT2D eigenvalue weighted by Gasteiger charge is -2.24. The summed E-state index contributed by atoms with van der Waals surface area (Å²) in [5, 5.41) is 11.5. The Morgan fingerprint density at radius 2 is 1.87 bits per heavy atom. The maximum Gasteiger partial charge on any atom is 0.302 e. The van der Waals surface area contributed by atoms with Crippen LogP contribution in [0.15, 0.2) is 58.7 Å². The van der Waals surface area contributed by atoms with Crippen LogP contribution in [0.4, 0.5) is 5.95 Å². The van der Waals surface area contributed by atoms with Crippen molar-refractivity contribution in [2.45, 2.75) is 53.0 Å². The summed E-state index contributed by atoms with van der Waals surface area (Å²) < 4.78 is 11.5. The number of aromatic amines is 1. The number of hydrogen-bond acceptors (Lipinski definition) is 6. The van der Waals surface area contributed by atoms with E-state index < -0.39 is 17.7 Å². The number of aromatic nitrogens is 2. The van der Waals surface area contributed by atoms with Gasteiger partial charge in [0.1, 0.15) is 23.3 Å². The van der Waals surface area contributed by atoms with E-state index in [1.54, 1.807) is 30.3 Å². The van der Waals surface area contributed by atoms with Crippen molar-refractivity contribution in [3.63, 3.8) is 0 Å². The van der Waals surface area contributed by atoms with Crippen LogP contribution < -0.4 is 9.64 Å². The van der Waals surface area contributed by atoms with E-state index in [-0.39, 0.29) is 22.7 Å². The van der Waals surface area contributed by atoms with Gasteiger partial charge in [-0.1, -0.05) is 20.8 Å². The second-order valence-corrected chi connectivity index (χ2v) is 10.6. The highest BCUT2D eigenvalue weighted by Gasteiger charge is 2.49. The number of nitrogens with zero attached hydrogens (tertiary/aromatic N) is 2. The zero-order valence-corrected chi connectivity index (χ0v) is 22.4. The Hall–Kier alpha value is -4.33. The molecule has 1 saturated heterocycles. The molecule has 1 unspecified atom stereocenters. The number of rotatable bonds is 5. The summed E-state index contributed by atoms with van der Waals surface area (Å²) >= 11 is 0. The molecule has 8 nitrogen and oxygen atoms in total. The molecule has 2 aromatic heterocycles. The number of fused-ring (bicyclic) bond motifs is 1. The summed E-state index contributed by atoms with van der Waals surface area (Å²) in [6, 6.07) is 11.5. The van der Waals surface area contributed by atoms with Crippen LogP contribution in [0.3, 0.4) is 0 Å². The van der Waals surface area contributed by atoms with Crippen molar-refractivity contribution in [1.82, 2.24) is 9.97 Å². The number of hydrogen-bond donors (Lipinski definition) is 2. The Labute approximate surface area is 220 Å². The summed E-state index contributed by atoms with van der Waals surface area (Å²) in [5.74, 6) is -0.670. The predicted molar refractivity (Wildman–Crippen MR) is 145 cm³/mol. The van der Waals surface area contributed by atoms with E-state index in [0.29, 0.717) is 29.2 Å². The maximum atomic E-state index is 13.5. The third kappa shape index (κ3) is 4.16. The molecular weight excluding hydrogens is 482 g/mol. The summed E-state index contributed by atoms with van der Waals surface area (Å²) in [4.78, 5) is 36.0. The van der Waals surface area contributed by atoms with Gasteiger partial charge in [-0.3, -0.25) is 14.5 Å². The molecule has 8 heteroatoms. The van der Waals surface area contributed by atoms with Gasteiger partial charge in [-0.25, -0.2) is 4.98 Å². The number of imidazole rings is 1. The zero-order chi connectivity index (χ0) is 27.4. The van der Waals surface area contributed by atoms with Gasteiger partial charge < -0.3 is 19.2 Å². The summed E-state index contributed by atoms with van der Waals surface area (Å²) in [6.07, 6.45) is 1.47. The van der Waals surface area contributed by atoms with Crippen LogP contribution in [0.1, 0.15) is 61.8 Å². The number of H-pyrrole nitrogens is 1. The van der Waals surface area contributed by atoms with Gasteiger partial charge in [0.25, 0.3) is 5.78 Å². The number of nitrogens with one attached hydrogen (secondary N) is 1. The van der Waals surface area contributed by atoms with Crippen molar-refractivity contribution in [2.24, 2.45) is 0 Å². The number of benzene rings is 2. The Bertz CT molecular complexity index is 1550. The average molecular weight is 514 g/mol. The second kappa shape index (κ2) is 9.20. The van der Waals surface area contributed by atoms with Crippen molar-refractivity contribution in [3.8, 4) is 5.75 Å². The van der Waals surface area contributed by atoms with Crippen LogP contribution in [-0.4, -0.2) is 33.4 Å². The van der Waals surface area contributed by atoms with Gasteiger partial charge in [0.15, 0.2) is 0 Å². The molecule has 3 heterocycles. The molecule has 0 radical (unpaired) electrons. The third-order valence-corrected chi connectivity index (χ3v) is 6.93. The predicted octanol–water partition coefficient (Wildman–Crippen LogP) is 6.10. The lowest BCUT2D eigenvalue weighted by Crippen LogP contribution is -2.30. The molecule has 0 aliphatic carbocycles. The minimum atomic E-state index is -1.00. The van der Waals surface area contributed by atoms with E-state index >= 15 is 0 Å². The number of aliphatic hydroxyl groups excluding tert-OH is 1. The van der Waals surface area contributed by atoms with Crippen LogP contribution in [0.5, 0.6) is 5.75 Å². The van der Waals surface area contributed by atoms with Gasteiger partial charge in [0.2, 0.25) is 5.95 Å². The zero-order valence-electron chi connectivity index (χ0n) is 22.4. The Morgan fingerprint density at radius 1 is 1.13 bits per heavy atom. The lowest BCUT2D eigenvalue weighted by atomic mass is 9.84. The third-order valence-electron chi connectivity index (χ3n) is 6.93. The highest BCUT2D eigenvalue weighted by atomic mass is 16.5. The van der Waals surface area contributed by atoms with Crippen LogP contribution in [-0.2, 0) is 15.0 Å². The summed E-state index contributed by atoms with van der Waals surface area (Å²) in [7, 11) is 0. The normalized spacial score (nSPS) is 17.5. The van der Waals surface area contributed by atoms with Crippen molar-refractivity contribution < 1.29 is 23.8 Å². The number of ether oxygens (including phenoxy) is 1. The van der Waals surface area contributed by atoms with Gasteiger partial charge in [0, 0.05) is 11.1 Å². The van der Waals surface area contributed by atoms with Crippen molar-refractivity contribution >= 4 is 34.4 Å². The van der Waals surface area contributed by atoms with Crippen molar-refractivity contribution in [1.29, 1.82) is 0 Å². The average Bonchev–Trinajstić information content (AvgIpc) is 3.58. The fraction of sp³-hybridized carbons (Fsp3) is 0.300. The largest absolute Gasteiger partial charge is 0.507 e. The number of aryl methyl sites for hydroxylation is 2. The Kier molecular flexibility index (Phi) is 6.13. The van der Waals surface area contributed by atoms with E-state index in [1.807, 2.05) is 53.7 Å². The van der Waals surface area contributed by atoms with E-state index in [1.165, 1.54) is 11.2 Å². The number of carbonyl (C=O) groups excluding carboxylic acids is 2. The number of ketones is 1. The van der Waals surface area contributed by atoms with Crippen LogP contribution in [0, 0.1) is 13.8 Å². The molecule has 1 aliphatic heterocycles. The van der Waals surface area contributed by atoms with Gasteiger partial charge in [-0.05, 0) is 79.8 Å².